The number of carbonyl (C=O) groups is 1. The van der Waals surface area contributed by atoms with Crippen LogP contribution < -0.4 is 0 Å². The molecule has 2 heterocycles. The quantitative estimate of drug-likeness (QED) is 0.672. The Balaban J connectivity index is 1.98. The Kier molecular flexibility index (Phi) is 5.80. The van der Waals surface area contributed by atoms with Crippen molar-refractivity contribution in [3.05, 3.63) is 0 Å². The van der Waals surface area contributed by atoms with E-state index in [-0.39, 0.29) is 28.6 Å². The highest BCUT2D eigenvalue weighted by atomic mass is 32.2. The molecule has 0 amide bonds. The van der Waals surface area contributed by atoms with Crippen molar-refractivity contribution in [2.75, 3.05) is 13.2 Å². The van der Waals surface area contributed by atoms with Gasteiger partial charge in [-0.1, -0.05) is 6.42 Å². The lowest BCUT2D eigenvalue weighted by Gasteiger charge is -2.38. The SMILES string of the molecule is CCOC(CC(=O)C1CC2CCCC(C1)S2(=O)=O)OCC. The first-order chi connectivity index (χ1) is 9.98. The van der Waals surface area contributed by atoms with Crippen LogP contribution in [0.25, 0.3) is 0 Å². The van der Waals surface area contributed by atoms with Gasteiger partial charge < -0.3 is 9.47 Å². The smallest absolute Gasteiger partial charge is 0.164 e. The number of carbonyl (C=O) groups excluding carboxylic acids is 1. The molecule has 0 aromatic heterocycles. The lowest BCUT2D eigenvalue weighted by molar-refractivity contribution is -0.154. The maximum Gasteiger partial charge on any atom is 0.164 e. The Morgan fingerprint density at radius 3 is 2.10 bits per heavy atom. The van der Waals surface area contributed by atoms with Gasteiger partial charge in [0.2, 0.25) is 0 Å². The van der Waals surface area contributed by atoms with Crippen LogP contribution in [0.4, 0.5) is 0 Å². The Hall–Kier alpha value is -0.460. The van der Waals surface area contributed by atoms with Crippen molar-refractivity contribution in [2.45, 2.75) is 69.2 Å². The second-order valence-electron chi connectivity index (χ2n) is 5.94. The molecule has 0 aromatic rings. The fourth-order valence-electron chi connectivity index (χ4n) is 3.54. The molecule has 2 rings (SSSR count). The molecule has 2 atom stereocenters. The number of ether oxygens (including phenoxy) is 2. The van der Waals surface area contributed by atoms with Gasteiger partial charge >= 0.3 is 0 Å². The van der Waals surface area contributed by atoms with Gasteiger partial charge in [0.05, 0.1) is 16.9 Å². The van der Waals surface area contributed by atoms with Crippen molar-refractivity contribution in [3.63, 3.8) is 0 Å². The van der Waals surface area contributed by atoms with Crippen LogP contribution in [0.15, 0.2) is 0 Å². The molecule has 6 heteroatoms. The van der Waals surface area contributed by atoms with Crippen molar-refractivity contribution in [3.8, 4) is 0 Å². The molecule has 0 saturated carbocycles. The van der Waals surface area contributed by atoms with E-state index in [1.807, 2.05) is 13.8 Å². The average Bonchev–Trinajstić information content (AvgIpc) is 2.37. The molecule has 2 fully saturated rings. The van der Waals surface area contributed by atoms with Crippen LogP contribution in [0.1, 0.15) is 52.4 Å². The van der Waals surface area contributed by atoms with Gasteiger partial charge in [-0.05, 0) is 39.5 Å². The summed E-state index contributed by atoms with van der Waals surface area (Å²) in [6.07, 6.45) is 3.10. The molecule has 0 aromatic carbocycles. The minimum absolute atomic E-state index is 0.0914. The van der Waals surface area contributed by atoms with Gasteiger partial charge in [0, 0.05) is 19.1 Å². The zero-order valence-corrected chi connectivity index (χ0v) is 13.7. The maximum atomic E-state index is 12.4. The van der Waals surface area contributed by atoms with Gasteiger partial charge in [-0.15, -0.1) is 0 Å². The molecule has 5 nitrogen and oxygen atoms in total. The first kappa shape index (κ1) is 16.9. The number of ketones is 1. The van der Waals surface area contributed by atoms with E-state index in [1.165, 1.54) is 0 Å². The second-order valence-corrected chi connectivity index (χ2v) is 8.45. The highest BCUT2D eigenvalue weighted by Crippen LogP contribution is 2.40. The Labute approximate surface area is 127 Å². The summed E-state index contributed by atoms with van der Waals surface area (Å²) in [5.41, 5.74) is 0. The van der Waals surface area contributed by atoms with E-state index in [4.69, 9.17) is 9.47 Å². The zero-order chi connectivity index (χ0) is 15.5. The molecule has 21 heavy (non-hydrogen) atoms. The molecule has 122 valence electrons. The normalized spacial score (nSPS) is 31.3. The largest absolute Gasteiger partial charge is 0.352 e. The van der Waals surface area contributed by atoms with Crippen molar-refractivity contribution < 1.29 is 22.7 Å². The molecule has 2 unspecified atom stereocenters. The number of fused-ring (bicyclic) bond motifs is 2. The third-order valence-electron chi connectivity index (χ3n) is 4.60. The van der Waals surface area contributed by atoms with Crippen LogP contribution in [0.5, 0.6) is 0 Å². The fourth-order valence-corrected chi connectivity index (χ4v) is 6.08. The van der Waals surface area contributed by atoms with Crippen molar-refractivity contribution in [1.29, 1.82) is 0 Å². The minimum atomic E-state index is -3.00. The maximum absolute atomic E-state index is 12.4. The van der Waals surface area contributed by atoms with E-state index in [2.05, 4.69) is 0 Å². The van der Waals surface area contributed by atoms with E-state index in [0.29, 0.717) is 38.9 Å². The Morgan fingerprint density at radius 2 is 1.62 bits per heavy atom. The van der Waals surface area contributed by atoms with E-state index in [1.54, 1.807) is 0 Å². The molecule has 0 N–H and O–H groups in total. The topological polar surface area (TPSA) is 69.7 Å². The third kappa shape index (κ3) is 3.85. The van der Waals surface area contributed by atoms with Gasteiger partial charge in [-0.25, -0.2) is 8.42 Å². The molecule has 2 bridgehead atoms. The average molecular weight is 318 g/mol. The number of hydrogen-bond donors (Lipinski definition) is 0. The van der Waals surface area contributed by atoms with E-state index in [0.717, 1.165) is 6.42 Å². The predicted molar refractivity (Wildman–Crippen MR) is 79.7 cm³/mol. The number of Topliss-reactive ketones (excluding diaryl/α,β-unsaturated/α-hetero) is 1. The van der Waals surface area contributed by atoms with Gasteiger partial charge in [0.1, 0.15) is 5.78 Å². The lowest BCUT2D eigenvalue weighted by atomic mass is 9.85. The summed E-state index contributed by atoms with van der Waals surface area (Å²) in [5, 5.41) is -0.617. The van der Waals surface area contributed by atoms with E-state index in [9.17, 15) is 13.2 Å². The second kappa shape index (κ2) is 7.20. The number of sulfone groups is 1. The minimum Gasteiger partial charge on any atom is -0.352 e. The molecule has 2 saturated heterocycles. The van der Waals surface area contributed by atoms with E-state index >= 15 is 0 Å². The number of hydrogen-bond acceptors (Lipinski definition) is 5. The molecule has 2 aliphatic rings. The monoisotopic (exact) mass is 318 g/mol. The van der Waals surface area contributed by atoms with Crippen LogP contribution in [-0.2, 0) is 24.1 Å². The molecule has 0 aliphatic carbocycles. The molecule has 2 aliphatic heterocycles. The Morgan fingerprint density at radius 1 is 1.10 bits per heavy atom. The highest BCUT2D eigenvalue weighted by Gasteiger charge is 2.46. The van der Waals surface area contributed by atoms with Gasteiger partial charge in [0.25, 0.3) is 0 Å². The van der Waals surface area contributed by atoms with Gasteiger partial charge in [-0.2, -0.15) is 0 Å². The van der Waals surface area contributed by atoms with Crippen LogP contribution in [0.3, 0.4) is 0 Å². The van der Waals surface area contributed by atoms with Crippen LogP contribution in [-0.4, -0.2) is 44.2 Å². The zero-order valence-electron chi connectivity index (χ0n) is 12.9. The summed E-state index contributed by atoms with van der Waals surface area (Å²) in [5.74, 6) is -0.0547. The third-order valence-corrected chi connectivity index (χ3v) is 7.32. The first-order valence-corrected chi connectivity index (χ1v) is 9.58. The lowest BCUT2D eigenvalue weighted by Crippen LogP contribution is -2.45. The van der Waals surface area contributed by atoms with Gasteiger partial charge in [0.15, 0.2) is 16.1 Å². The predicted octanol–water partition coefficient (Wildman–Crippen LogP) is 2.09. The molecular formula is C15H26O5S. The van der Waals surface area contributed by atoms with E-state index < -0.39 is 16.1 Å². The molecule has 0 radical (unpaired) electrons. The van der Waals surface area contributed by atoms with Crippen LogP contribution >= 0.6 is 0 Å². The van der Waals surface area contributed by atoms with Crippen molar-refractivity contribution in [2.24, 2.45) is 5.92 Å². The number of rotatable bonds is 7. The summed E-state index contributed by atoms with van der Waals surface area (Å²) in [7, 11) is -3.00. The highest BCUT2D eigenvalue weighted by molar-refractivity contribution is 7.92. The van der Waals surface area contributed by atoms with Crippen LogP contribution in [0.2, 0.25) is 0 Å². The molecule has 0 spiro atoms. The van der Waals surface area contributed by atoms with Crippen LogP contribution in [0, 0.1) is 5.92 Å². The standard InChI is InChI=1S/C15H26O5S/c1-3-19-15(20-4-2)10-14(16)11-8-12-6-5-7-13(9-11)21(12,17)18/h11-13,15H,3-10H2,1-2H3. The summed E-state index contributed by atoms with van der Waals surface area (Å²) < 4.78 is 35.3. The summed E-state index contributed by atoms with van der Waals surface area (Å²) >= 11 is 0. The van der Waals surface area contributed by atoms with Crippen molar-refractivity contribution >= 4 is 15.6 Å². The van der Waals surface area contributed by atoms with Gasteiger partial charge in [-0.3, -0.25) is 4.79 Å². The summed E-state index contributed by atoms with van der Waals surface area (Å²) in [6.45, 7) is 4.74. The summed E-state index contributed by atoms with van der Waals surface area (Å²) in [6, 6.07) is 0. The summed E-state index contributed by atoms with van der Waals surface area (Å²) in [4.78, 5) is 12.4. The molecular weight excluding hydrogens is 292 g/mol. The Bertz CT molecular complexity index is 433. The fraction of sp³-hybridized carbons (Fsp3) is 0.933. The first-order valence-electron chi connectivity index (χ1n) is 7.97. The van der Waals surface area contributed by atoms with Crippen molar-refractivity contribution in [1.82, 2.24) is 0 Å².